The van der Waals surface area contributed by atoms with Gasteiger partial charge in [-0.2, -0.15) is 0 Å². The molecule has 0 aromatic carbocycles. The highest BCUT2D eigenvalue weighted by molar-refractivity contribution is 5.80. The number of rotatable bonds is 4. The van der Waals surface area contributed by atoms with E-state index >= 15 is 0 Å². The molecule has 2 rings (SSSR count). The Morgan fingerprint density at radius 3 is 2.91 bits per heavy atom. The van der Waals surface area contributed by atoms with Gasteiger partial charge in [0, 0.05) is 52.0 Å². The van der Waals surface area contributed by atoms with Crippen molar-refractivity contribution in [3.63, 3.8) is 0 Å². The number of likely N-dealkylation sites (tertiary alicyclic amines) is 1. The van der Waals surface area contributed by atoms with Crippen LogP contribution in [-0.4, -0.2) is 60.5 Å². The molecule has 6 nitrogen and oxygen atoms in total. The minimum Gasteiger partial charge on any atom is -0.355 e. The second-order valence-corrected chi connectivity index (χ2v) is 5.82. The van der Waals surface area contributed by atoms with Crippen LogP contribution in [0.15, 0.2) is 24.4 Å². The van der Waals surface area contributed by atoms with Crippen molar-refractivity contribution in [2.75, 3.05) is 33.7 Å². The van der Waals surface area contributed by atoms with Crippen molar-refractivity contribution in [3.05, 3.63) is 30.1 Å². The van der Waals surface area contributed by atoms with Crippen LogP contribution in [0, 0.1) is 5.92 Å². The summed E-state index contributed by atoms with van der Waals surface area (Å²) in [4.78, 5) is 31.8. The molecule has 1 saturated heterocycles. The lowest BCUT2D eigenvalue weighted by Crippen LogP contribution is -2.48. The summed E-state index contributed by atoms with van der Waals surface area (Å²) in [6, 6.07) is 5.74. The molecule has 0 unspecified atom stereocenters. The summed E-state index contributed by atoms with van der Waals surface area (Å²) in [6.45, 7) is 1.81. The monoisotopic (exact) mass is 304 g/mol. The van der Waals surface area contributed by atoms with Gasteiger partial charge < -0.3 is 15.1 Å². The van der Waals surface area contributed by atoms with Crippen molar-refractivity contribution in [2.45, 2.75) is 19.3 Å². The number of carbonyl (C=O) groups is 2. The van der Waals surface area contributed by atoms with Gasteiger partial charge in [-0.05, 0) is 25.0 Å². The first-order valence-corrected chi connectivity index (χ1v) is 7.72. The Morgan fingerprint density at radius 2 is 2.23 bits per heavy atom. The molecule has 1 aromatic heterocycles. The molecule has 22 heavy (non-hydrogen) atoms. The van der Waals surface area contributed by atoms with Gasteiger partial charge in [-0.3, -0.25) is 9.78 Å². The average Bonchev–Trinajstić information content (AvgIpc) is 2.55. The van der Waals surface area contributed by atoms with Gasteiger partial charge in [-0.1, -0.05) is 6.07 Å². The van der Waals surface area contributed by atoms with Crippen LogP contribution in [0.2, 0.25) is 0 Å². The average molecular weight is 304 g/mol. The van der Waals surface area contributed by atoms with E-state index in [0.29, 0.717) is 13.1 Å². The third-order valence-electron chi connectivity index (χ3n) is 3.85. The third-order valence-corrected chi connectivity index (χ3v) is 3.85. The fourth-order valence-corrected chi connectivity index (χ4v) is 2.65. The summed E-state index contributed by atoms with van der Waals surface area (Å²) >= 11 is 0. The first kappa shape index (κ1) is 16.3. The van der Waals surface area contributed by atoms with E-state index < -0.39 is 0 Å². The van der Waals surface area contributed by atoms with Crippen LogP contribution in [0.3, 0.4) is 0 Å². The Labute approximate surface area is 131 Å². The summed E-state index contributed by atoms with van der Waals surface area (Å²) < 4.78 is 0. The number of urea groups is 1. The van der Waals surface area contributed by atoms with E-state index in [2.05, 4.69) is 10.3 Å². The van der Waals surface area contributed by atoms with Gasteiger partial charge in [0.2, 0.25) is 5.91 Å². The zero-order chi connectivity index (χ0) is 15.9. The molecular formula is C16H24N4O2. The van der Waals surface area contributed by atoms with Crippen LogP contribution in [0.5, 0.6) is 0 Å². The van der Waals surface area contributed by atoms with Gasteiger partial charge in [0.15, 0.2) is 0 Å². The summed E-state index contributed by atoms with van der Waals surface area (Å²) in [6.07, 6.45) is 4.19. The zero-order valence-corrected chi connectivity index (χ0v) is 13.3. The Bertz CT molecular complexity index is 504. The zero-order valence-electron chi connectivity index (χ0n) is 13.3. The van der Waals surface area contributed by atoms with Gasteiger partial charge in [-0.25, -0.2) is 4.79 Å². The molecule has 1 atom stereocenters. The number of nitrogens with zero attached hydrogens (tertiary/aromatic N) is 3. The van der Waals surface area contributed by atoms with Gasteiger partial charge >= 0.3 is 6.03 Å². The standard InChI is InChI=1S/C16H24N4O2/c1-19(2)16(22)20-11-5-6-13(12-20)15(21)18-10-8-14-7-3-4-9-17-14/h3-4,7,9,13H,5-6,8,10-12H2,1-2H3,(H,18,21)/t13-/m1/s1. The van der Waals surface area contributed by atoms with Crippen molar-refractivity contribution < 1.29 is 9.59 Å². The molecule has 2 heterocycles. The fourth-order valence-electron chi connectivity index (χ4n) is 2.65. The highest BCUT2D eigenvalue weighted by Gasteiger charge is 2.28. The SMILES string of the molecule is CN(C)C(=O)N1CCC[C@@H](C(=O)NCCc2ccccn2)C1. The quantitative estimate of drug-likeness (QED) is 0.907. The van der Waals surface area contributed by atoms with Crippen LogP contribution in [-0.2, 0) is 11.2 Å². The minimum absolute atomic E-state index is 0.0222. The molecule has 0 radical (unpaired) electrons. The van der Waals surface area contributed by atoms with Crippen molar-refractivity contribution in [3.8, 4) is 0 Å². The molecule has 0 saturated carbocycles. The number of pyridine rings is 1. The summed E-state index contributed by atoms with van der Waals surface area (Å²) in [5, 5.41) is 2.96. The summed E-state index contributed by atoms with van der Waals surface area (Å²) in [7, 11) is 3.47. The molecule has 0 bridgehead atoms. The normalized spacial score (nSPS) is 17.9. The molecule has 120 valence electrons. The van der Waals surface area contributed by atoms with Crippen LogP contribution >= 0.6 is 0 Å². The molecular weight excluding hydrogens is 280 g/mol. The van der Waals surface area contributed by atoms with Gasteiger partial charge in [0.1, 0.15) is 0 Å². The lowest BCUT2D eigenvalue weighted by molar-refractivity contribution is -0.126. The molecule has 0 spiro atoms. The lowest BCUT2D eigenvalue weighted by Gasteiger charge is -2.33. The lowest BCUT2D eigenvalue weighted by atomic mass is 9.97. The molecule has 1 aliphatic rings. The number of aromatic nitrogens is 1. The van der Waals surface area contributed by atoms with E-state index in [1.807, 2.05) is 18.2 Å². The van der Waals surface area contributed by atoms with Gasteiger partial charge in [-0.15, -0.1) is 0 Å². The molecule has 6 heteroatoms. The maximum atomic E-state index is 12.2. The highest BCUT2D eigenvalue weighted by Crippen LogP contribution is 2.17. The molecule has 3 amide bonds. The fraction of sp³-hybridized carbons (Fsp3) is 0.562. The van der Waals surface area contributed by atoms with Crippen molar-refractivity contribution in [1.82, 2.24) is 20.1 Å². The number of amides is 3. The number of piperidine rings is 1. The van der Waals surface area contributed by atoms with Crippen molar-refractivity contribution in [1.29, 1.82) is 0 Å². The van der Waals surface area contributed by atoms with Crippen LogP contribution in [0.1, 0.15) is 18.5 Å². The smallest absolute Gasteiger partial charge is 0.319 e. The second kappa shape index (κ2) is 7.77. The Morgan fingerprint density at radius 1 is 1.41 bits per heavy atom. The topological polar surface area (TPSA) is 65.5 Å². The minimum atomic E-state index is -0.110. The van der Waals surface area contributed by atoms with E-state index in [9.17, 15) is 9.59 Å². The largest absolute Gasteiger partial charge is 0.355 e. The van der Waals surface area contributed by atoms with Gasteiger partial charge in [0.05, 0.1) is 5.92 Å². The Kier molecular flexibility index (Phi) is 5.75. The predicted octanol–water partition coefficient (Wildman–Crippen LogP) is 1.13. The first-order valence-electron chi connectivity index (χ1n) is 7.72. The molecule has 1 N–H and O–H groups in total. The van der Waals surface area contributed by atoms with Crippen molar-refractivity contribution >= 4 is 11.9 Å². The van der Waals surface area contributed by atoms with Gasteiger partial charge in [0.25, 0.3) is 0 Å². The molecule has 1 aromatic rings. The van der Waals surface area contributed by atoms with E-state index in [0.717, 1.165) is 31.5 Å². The molecule has 0 aliphatic carbocycles. The number of nitrogens with one attached hydrogen (secondary N) is 1. The van der Waals surface area contributed by atoms with E-state index in [1.54, 1.807) is 30.1 Å². The van der Waals surface area contributed by atoms with E-state index in [1.165, 1.54) is 0 Å². The summed E-state index contributed by atoms with van der Waals surface area (Å²) in [5.74, 6) is -0.0754. The second-order valence-electron chi connectivity index (χ2n) is 5.82. The van der Waals surface area contributed by atoms with Crippen molar-refractivity contribution in [2.24, 2.45) is 5.92 Å². The highest BCUT2D eigenvalue weighted by atomic mass is 16.2. The van der Waals surface area contributed by atoms with Crippen LogP contribution in [0.25, 0.3) is 0 Å². The maximum absolute atomic E-state index is 12.2. The van der Waals surface area contributed by atoms with E-state index in [-0.39, 0.29) is 17.9 Å². The molecule has 1 fully saturated rings. The van der Waals surface area contributed by atoms with E-state index in [4.69, 9.17) is 0 Å². The van der Waals surface area contributed by atoms with Crippen LogP contribution < -0.4 is 5.32 Å². The van der Waals surface area contributed by atoms with Crippen LogP contribution in [0.4, 0.5) is 4.79 Å². The Balaban J connectivity index is 1.78. The Hall–Kier alpha value is -2.11. The predicted molar refractivity (Wildman–Crippen MR) is 84.3 cm³/mol. The maximum Gasteiger partial charge on any atom is 0.319 e. The molecule has 1 aliphatic heterocycles. The summed E-state index contributed by atoms with van der Waals surface area (Å²) in [5.41, 5.74) is 0.968. The first-order chi connectivity index (χ1) is 10.6. The number of hydrogen-bond donors (Lipinski definition) is 1. The third kappa shape index (κ3) is 4.44. The number of hydrogen-bond acceptors (Lipinski definition) is 3. The number of carbonyl (C=O) groups excluding carboxylic acids is 2.